The Hall–Kier alpha value is -3.42. The van der Waals surface area contributed by atoms with Crippen molar-refractivity contribution in [2.75, 3.05) is 17.7 Å². The lowest BCUT2D eigenvalue weighted by Crippen LogP contribution is -2.15. The van der Waals surface area contributed by atoms with Crippen LogP contribution in [0.5, 0.6) is 5.75 Å². The van der Waals surface area contributed by atoms with Crippen LogP contribution in [0.25, 0.3) is 5.65 Å². The van der Waals surface area contributed by atoms with Crippen LogP contribution < -0.4 is 15.4 Å². The van der Waals surface area contributed by atoms with Gasteiger partial charge in [-0.1, -0.05) is 0 Å². The smallest absolute Gasteiger partial charge is 0.224 e. The zero-order chi connectivity index (χ0) is 21.1. The van der Waals surface area contributed by atoms with Crippen LogP contribution in [-0.2, 0) is 16.0 Å². The van der Waals surface area contributed by atoms with Crippen molar-refractivity contribution >= 4 is 28.8 Å². The van der Waals surface area contributed by atoms with Gasteiger partial charge in [-0.3, -0.25) is 9.59 Å². The van der Waals surface area contributed by atoms with Gasteiger partial charge in [-0.05, 0) is 51.0 Å². The molecule has 0 unspecified atom stereocenters. The zero-order valence-electron chi connectivity index (χ0n) is 17.3. The lowest BCUT2D eigenvalue weighted by molar-refractivity contribution is -0.116. The number of hydrogen-bond donors (Lipinski definition) is 2. The van der Waals surface area contributed by atoms with Gasteiger partial charge in [-0.25, -0.2) is 9.50 Å². The zero-order valence-corrected chi connectivity index (χ0v) is 17.3. The van der Waals surface area contributed by atoms with Gasteiger partial charge < -0.3 is 15.4 Å². The first-order valence-corrected chi connectivity index (χ1v) is 9.36. The van der Waals surface area contributed by atoms with E-state index >= 15 is 0 Å². The van der Waals surface area contributed by atoms with E-state index in [4.69, 9.17) is 4.74 Å². The summed E-state index contributed by atoms with van der Waals surface area (Å²) in [6, 6.07) is 7.03. The number of anilines is 2. The molecule has 152 valence electrons. The maximum absolute atomic E-state index is 12.6. The molecule has 2 heterocycles. The number of fused-ring (bicyclic) bond motifs is 1. The second-order valence-corrected chi connectivity index (χ2v) is 6.96. The van der Waals surface area contributed by atoms with Crippen LogP contribution in [0, 0.1) is 20.8 Å². The van der Waals surface area contributed by atoms with Gasteiger partial charge in [0.1, 0.15) is 5.75 Å². The van der Waals surface area contributed by atoms with Crippen LogP contribution in [0.2, 0.25) is 0 Å². The van der Waals surface area contributed by atoms with Crippen molar-refractivity contribution in [2.45, 2.75) is 40.5 Å². The molecule has 0 aliphatic rings. The van der Waals surface area contributed by atoms with Gasteiger partial charge in [0.25, 0.3) is 0 Å². The second kappa shape index (κ2) is 8.30. The quantitative estimate of drug-likeness (QED) is 0.668. The summed E-state index contributed by atoms with van der Waals surface area (Å²) in [5.41, 5.74) is 5.70. The van der Waals surface area contributed by atoms with E-state index < -0.39 is 0 Å². The maximum Gasteiger partial charge on any atom is 0.224 e. The number of aromatic nitrogens is 3. The van der Waals surface area contributed by atoms with E-state index in [9.17, 15) is 9.59 Å². The number of hydrogen-bond acceptors (Lipinski definition) is 5. The number of aryl methyl sites for hydroxylation is 3. The van der Waals surface area contributed by atoms with Crippen LogP contribution in [0.4, 0.5) is 11.4 Å². The highest BCUT2D eigenvalue weighted by Gasteiger charge is 2.14. The van der Waals surface area contributed by atoms with E-state index in [1.165, 1.54) is 14.0 Å². The number of nitrogens with zero attached hydrogens (tertiary/aromatic N) is 3. The molecule has 0 spiro atoms. The van der Waals surface area contributed by atoms with Crippen molar-refractivity contribution in [1.82, 2.24) is 14.6 Å². The highest BCUT2D eigenvalue weighted by atomic mass is 16.5. The third-order valence-corrected chi connectivity index (χ3v) is 4.68. The van der Waals surface area contributed by atoms with Gasteiger partial charge >= 0.3 is 0 Å². The highest BCUT2D eigenvalue weighted by molar-refractivity contribution is 5.95. The molecule has 2 N–H and O–H groups in total. The van der Waals surface area contributed by atoms with Crippen molar-refractivity contribution in [1.29, 1.82) is 0 Å². The molecule has 0 aliphatic heterocycles. The van der Waals surface area contributed by atoms with Gasteiger partial charge in [0.15, 0.2) is 5.65 Å². The number of amides is 2. The number of benzene rings is 1. The molecule has 8 nitrogen and oxygen atoms in total. The molecule has 0 radical (unpaired) electrons. The topological polar surface area (TPSA) is 97.6 Å². The number of carbonyl (C=O) groups excluding carboxylic acids is 2. The molecule has 0 fully saturated rings. The van der Waals surface area contributed by atoms with E-state index in [2.05, 4.69) is 20.7 Å². The lowest BCUT2D eigenvalue weighted by atomic mass is 10.1. The first-order chi connectivity index (χ1) is 13.8. The number of carbonyl (C=O) groups is 2. The molecule has 3 aromatic rings. The van der Waals surface area contributed by atoms with Gasteiger partial charge in [0, 0.05) is 36.5 Å². The van der Waals surface area contributed by atoms with E-state index in [1.54, 1.807) is 18.2 Å². The maximum atomic E-state index is 12.6. The molecule has 0 saturated heterocycles. The standard InChI is InChI=1S/C21H25N5O3/c1-12-10-20-22-13(2)17(14(3)26(20)25-12)7-9-21(28)24-18-11-16(23-15(4)27)6-8-19(18)29-5/h6,8,10-11H,7,9H2,1-5H3,(H,23,27)(H,24,28). The summed E-state index contributed by atoms with van der Waals surface area (Å²) >= 11 is 0. The van der Waals surface area contributed by atoms with Crippen LogP contribution in [0.1, 0.15) is 36.0 Å². The van der Waals surface area contributed by atoms with E-state index in [0.717, 1.165) is 28.3 Å². The SMILES string of the molecule is COc1ccc(NC(C)=O)cc1NC(=O)CCc1c(C)nc2cc(C)nn2c1C. The average molecular weight is 395 g/mol. The second-order valence-electron chi connectivity index (χ2n) is 6.96. The molecule has 8 heteroatoms. The summed E-state index contributed by atoms with van der Waals surface area (Å²) < 4.78 is 7.12. The summed E-state index contributed by atoms with van der Waals surface area (Å²) in [6.07, 6.45) is 0.821. The Morgan fingerprint density at radius 2 is 1.90 bits per heavy atom. The summed E-state index contributed by atoms with van der Waals surface area (Å²) in [5, 5.41) is 10.0. The van der Waals surface area contributed by atoms with Crippen LogP contribution in [0.15, 0.2) is 24.3 Å². The fraction of sp³-hybridized carbons (Fsp3) is 0.333. The van der Waals surface area contributed by atoms with Gasteiger partial charge in [0.05, 0.1) is 18.5 Å². The predicted molar refractivity (Wildman–Crippen MR) is 111 cm³/mol. The molecular formula is C21H25N5O3. The minimum atomic E-state index is -0.185. The summed E-state index contributed by atoms with van der Waals surface area (Å²) in [6.45, 7) is 7.29. The average Bonchev–Trinajstić information content (AvgIpc) is 3.01. The summed E-state index contributed by atoms with van der Waals surface area (Å²) in [7, 11) is 1.53. The summed E-state index contributed by atoms with van der Waals surface area (Å²) in [4.78, 5) is 28.5. The molecule has 2 aromatic heterocycles. The minimum Gasteiger partial charge on any atom is -0.495 e. The molecule has 1 aromatic carbocycles. The minimum absolute atomic E-state index is 0.154. The first-order valence-electron chi connectivity index (χ1n) is 9.36. The number of rotatable bonds is 6. The molecule has 0 bridgehead atoms. The number of ether oxygens (including phenoxy) is 1. The Morgan fingerprint density at radius 3 is 2.59 bits per heavy atom. The molecule has 0 atom stereocenters. The number of methoxy groups -OCH3 is 1. The fourth-order valence-corrected chi connectivity index (χ4v) is 3.34. The Morgan fingerprint density at radius 1 is 1.14 bits per heavy atom. The Bertz CT molecular complexity index is 1090. The molecule has 3 rings (SSSR count). The van der Waals surface area contributed by atoms with E-state index in [-0.39, 0.29) is 18.2 Å². The third-order valence-electron chi connectivity index (χ3n) is 4.68. The van der Waals surface area contributed by atoms with Crippen molar-refractivity contribution in [3.05, 3.63) is 46.9 Å². The van der Waals surface area contributed by atoms with E-state index in [1.807, 2.05) is 31.4 Å². The molecule has 29 heavy (non-hydrogen) atoms. The molecular weight excluding hydrogens is 370 g/mol. The van der Waals surface area contributed by atoms with Gasteiger partial charge in [0.2, 0.25) is 11.8 Å². The van der Waals surface area contributed by atoms with Gasteiger partial charge in [-0.2, -0.15) is 5.10 Å². The van der Waals surface area contributed by atoms with Crippen molar-refractivity contribution in [3.8, 4) is 5.75 Å². The van der Waals surface area contributed by atoms with Crippen molar-refractivity contribution in [3.63, 3.8) is 0 Å². The van der Waals surface area contributed by atoms with Crippen molar-refractivity contribution < 1.29 is 14.3 Å². The van der Waals surface area contributed by atoms with E-state index in [0.29, 0.717) is 23.5 Å². The fourth-order valence-electron chi connectivity index (χ4n) is 3.34. The van der Waals surface area contributed by atoms with Crippen molar-refractivity contribution in [2.24, 2.45) is 0 Å². The lowest BCUT2D eigenvalue weighted by Gasteiger charge is -2.13. The monoisotopic (exact) mass is 395 g/mol. The predicted octanol–water partition coefficient (Wildman–Crippen LogP) is 3.19. The van der Waals surface area contributed by atoms with Crippen LogP contribution in [-0.4, -0.2) is 33.5 Å². The normalized spacial score (nSPS) is 10.8. The van der Waals surface area contributed by atoms with Gasteiger partial charge in [-0.15, -0.1) is 0 Å². The largest absolute Gasteiger partial charge is 0.495 e. The molecule has 2 amide bonds. The Kier molecular flexibility index (Phi) is 5.81. The molecule has 0 aliphatic carbocycles. The third kappa shape index (κ3) is 4.53. The first kappa shape index (κ1) is 20.3. The number of nitrogens with one attached hydrogen (secondary N) is 2. The van der Waals surface area contributed by atoms with Crippen LogP contribution >= 0.6 is 0 Å². The van der Waals surface area contributed by atoms with Crippen LogP contribution in [0.3, 0.4) is 0 Å². The Balaban J connectivity index is 1.75. The highest BCUT2D eigenvalue weighted by Crippen LogP contribution is 2.28. The molecule has 0 saturated carbocycles. The summed E-state index contributed by atoms with van der Waals surface area (Å²) in [5.74, 6) is 0.184. The Labute approximate surface area is 169 Å².